The van der Waals surface area contributed by atoms with Gasteiger partial charge in [0.15, 0.2) is 0 Å². The molecule has 1 aliphatic heterocycles. The minimum absolute atomic E-state index is 0.0557. The monoisotopic (exact) mass is 335 g/mol. The molecule has 3 unspecified atom stereocenters. The first-order valence-corrected chi connectivity index (χ1v) is 9.64. The van der Waals surface area contributed by atoms with E-state index in [2.05, 4.69) is 22.5 Å². The van der Waals surface area contributed by atoms with Crippen molar-refractivity contribution in [3.8, 4) is 0 Å². The van der Waals surface area contributed by atoms with Gasteiger partial charge in [0.25, 0.3) is 0 Å². The molecule has 1 aromatic rings. The van der Waals surface area contributed by atoms with E-state index >= 15 is 0 Å². The van der Waals surface area contributed by atoms with E-state index in [4.69, 9.17) is 4.74 Å². The molecular formula is C17H25N3O2S. The van der Waals surface area contributed by atoms with Gasteiger partial charge in [0.05, 0.1) is 12.6 Å². The fraction of sp³-hybridized carbons (Fsp3) is 0.765. The molecule has 6 heteroatoms. The predicted octanol–water partition coefficient (Wildman–Crippen LogP) is 2.85. The van der Waals surface area contributed by atoms with Crippen LogP contribution in [0.1, 0.15) is 48.9 Å². The van der Waals surface area contributed by atoms with Crippen LogP contribution in [0, 0.1) is 11.3 Å². The second kappa shape index (κ2) is 6.06. The lowest BCUT2D eigenvalue weighted by atomic mass is 9.54. The Balaban J connectivity index is 1.34. The number of hydrogen-bond acceptors (Lipinski definition) is 4. The topological polar surface area (TPSA) is 63.2 Å². The first kappa shape index (κ1) is 15.4. The van der Waals surface area contributed by atoms with Crippen molar-refractivity contribution in [3.63, 3.8) is 0 Å². The van der Waals surface area contributed by atoms with Crippen LogP contribution in [0.25, 0.3) is 0 Å². The van der Waals surface area contributed by atoms with E-state index < -0.39 is 0 Å². The largest absolute Gasteiger partial charge is 0.377 e. The molecule has 0 aromatic carbocycles. The number of rotatable bonds is 4. The van der Waals surface area contributed by atoms with Crippen molar-refractivity contribution in [1.82, 2.24) is 15.6 Å². The number of carbonyl (C=O) groups excluding carboxylic acids is 1. The average Bonchev–Trinajstić information content (AvgIpc) is 3.29. The lowest BCUT2D eigenvalue weighted by molar-refractivity contribution is -0.126. The van der Waals surface area contributed by atoms with Crippen LogP contribution >= 0.6 is 11.3 Å². The van der Waals surface area contributed by atoms with Crippen LogP contribution in [-0.4, -0.2) is 29.8 Å². The molecule has 5 nitrogen and oxygen atoms in total. The summed E-state index contributed by atoms with van der Waals surface area (Å²) in [5.74, 6) is 0.519. The van der Waals surface area contributed by atoms with Crippen molar-refractivity contribution in [2.45, 2.75) is 64.1 Å². The Labute approximate surface area is 141 Å². The number of hydrogen-bond donors (Lipinski definition) is 2. The Bertz CT molecular complexity index is 582. The molecule has 1 saturated heterocycles. The summed E-state index contributed by atoms with van der Waals surface area (Å²) >= 11 is 1.67. The van der Waals surface area contributed by atoms with Gasteiger partial charge in [-0.15, -0.1) is 11.3 Å². The van der Waals surface area contributed by atoms with E-state index in [1.165, 1.54) is 30.6 Å². The number of ether oxygens (including phenoxy) is 1. The summed E-state index contributed by atoms with van der Waals surface area (Å²) in [6, 6.07) is 0.236. The summed E-state index contributed by atoms with van der Waals surface area (Å²) in [5, 5.41) is 7.21. The first-order chi connectivity index (χ1) is 11.2. The van der Waals surface area contributed by atoms with E-state index in [-0.39, 0.29) is 11.4 Å². The van der Waals surface area contributed by atoms with Crippen molar-refractivity contribution in [1.29, 1.82) is 0 Å². The SMILES string of the molecule is CCc1cnc(CNC(=O)NC2C3CCOC3C23CCCC3)s1. The predicted molar refractivity (Wildman–Crippen MR) is 89.4 cm³/mol. The second-order valence-corrected chi connectivity index (χ2v) is 8.26. The van der Waals surface area contributed by atoms with Crippen LogP contribution in [0.5, 0.6) is 0 Å². The normalized spacial score (nSPS) is 30.9. The highest BCUT2D eigenvalue weighted by atomic mass is 32.1. The van der Waals surface area contributed by atoms with Gasteiger partial charge < -0.3 is 15.4 Å². The van der Waals surface area contributed by atoms with Gasteiger partial charge in [0.1, 0.15) is 5.01 Å². The number of amides is 2. The maximum atomic E-state index is 12.3. The number of aromatic nitrogens is 1. The maximum Gasteiger partial charge on any atom is 0.315 e. The summed E-state index contributed by atoms with van der Waals surface area (Å²) in [6.45, 7) is 3.49. The van der Waals surface area contributed by atoms with Crippen LogP contribution in [-0.2, 0) is 17.7 Å². The van der Waals surface area contributed by atoms with Crippen molar-refractivity contribution in [2.75, 3.05) is 6.61 Å². The third-order valence-electron chi connectivity index (χ3n) is 5.92. The van der Waals surface area contributed by atoms with Gasteiger partial charge in [0.2, 0.25) is 0 Å². The lowest BCUT2D eigenvalue weighted by Gasteiger charge is -2.56. The number of thiazole rings is 1. The second-order valence-electron chi connectivity index (χ2n) is 7.06. The quantitative estimate of drug-likeness (QED) is 0.889. The average molecular weight is 335 g/mol. The van der Waals surface area contributed by atoms with Crippen LogP contribution in [0.3, 0.4) is 0 Å². The number of nitrogens with one attached hydrogen (secondary N) is 2. The molecule has 3 atom stereocenters. The van der Waals surface area contributed by atoms with Gasteiger partial charge in [-0.1, -0.05) is 19.8 Å². The standard InChI is InChI=1S/C17H25N3O2S/c1-2-11-9-18-13(23-11)10-19-16(21)20-14-12-5-8-22-15(12)17(14)6-3-4-7-17/h9,12,14-15H,2-8,10H2,1H3,(H2,19,20,21). The molecule has 0 bridgehead atoms. The highest BCUT2D eigenvalue weighted by Crippen LogP contribution is 2.60. The molecule has 2 N–H and O–H groups in total. The Morgan fingerprint density at radius 1 is 1.48 bits per heavy atom. The van der Waals surface area contributed by atoms with Crippen LogP contribution in [0.15, 0.2) is 6.20 Å². The molecule has 1 spiro atoms. The van der Waals surface area contributed by atoms with Crippen LogP contribution < -0.4 is 10.6 Å². The number of aryl methyl sites for hydroxylation is 1. The van der Waals surface area contributed by atoms with Gasteiger partial charge in [-0.05, 0) is 25.7 Å². The minimum Gasteiger partial charge on any atom is -0.377 e. The van der Waals surface area contributed by atoms with Crippen molar-refractivity contribution in [2.24, 2.45) is 11.3 Å². The van der Waals surface area contributed by atoms with Crippen LogP contribution in [0.4, 0.5) is 4.79 Å². The number of nitrogens with zero attached hydrogens (tertiary/aromatic N) is 1. The zero-order valence-corrected chi connectivity index (χ0v) is 14.5. The van der Waals surface area contributed by atoms with Gasteiger partial charge in [-0.25, -0.2) is 9.78 Å². The highest BCUT2D eigenvalue weighted by Gasteiger charge is 2.65. The lowest BCUT2D eigenvalue weighted by Crippen LogP contribution is -2.69. The van der Waals surface area contributed by atoms with Gasteiger partial charge in [-0.3, -0.25) is 0 Å². The molecule has 3 fully saturated rings. The molecule has 0 radical (unpaired) electrons. The molecule has 2 amide bonds. The van der Waals surface area contributed by atoms with Gasteiger partial charge >= 0.3 is 6.03 Å². The molecule has 1 aromatic heterocycles. The van der Waals surface area contributed by atoms with E-state index in [0.29, 0.717) is 24.6 Å². The summed E-state index contributed by atoms with van der Waals surface area (Å²) in [6.07, 6.45) is 9.31. The summed E-state index contributed by atoms with van der Waals surface area (Å²) in [5.41, 5.74) is 0.217. The Kier molecular flexibility index (Phi) is 4.05. The molecule has 2 heterocycles. The van der Waals surface area contributed by atoms with E-state index in [9.17, 15) is 4.79 Å². The van der Waals surface area contributed by atoms with Crippen molar-refractivity contribution >= 4 is 17.4 Å². The molecule has 23 heavy (non-hydrogen) atoms. The summed E-state index contributed by atoms with van der Waals surface area (Å²) in [4.78, 5) is 18.0. The van der Waals surface area contributed by atoms with Crippen LogP contribution in [0.2, 0.25) is 0 Å². The smallest absolute Gasteiger partial charge is 0.315 e. The molecular weight excluding hydrogens is 310 g/mol. The van der Waals surface area contributed by atoms with E-state index in [1.807, 2.05) is 6.20 Å². The molecule has 4 rings (SSSR count). The third-order valence-corrected chi connectivity index (χ3v) is 7.06. The highest BCUT2D eigenvalue weighted by molar-refractivity contribution is 7.11. The van der Waals surface area contributed by atoms with E-state index in [0.717, 1.165) is 24.5 Å². The van der Waals surface area contributed by atoms with Gasteiger partial charge in [-0.2, -0.15) is 0 Å². The zero-order valence-electron chi connectivity index (χ0n) is 13.6. The maximum absolute atomic E-state index is 12.3. The molecule has 3 aliphatic rings. The number of carbonyl (C=O) groups is 1. The Morgan fingerprint density at radius 3 is 3.04 bits per heavy atom. The third kappa shape index (κ3) is 2.56. The Morgan fingerprint density at radius 2 is 2.30 bits per heavy atom. The fourth-order valence-electron chi connectivity index (χ4n) is 4.85. The van der Waals surface area contributed by atoms with Crippen molar-refractivity contribution < 1.29 is 9.53 Å². The number of urea groups is 1. The van der Waals surface area contributed by atoms with E-state index in [1.54, 1.807) is 11.3 Å². The Hall–Kier alpha value is -1.14. The minimum atomic E-state index is -0.0557. The van der Waals surface area contributed by atoms with Gasteiger partial charge in [0, 0.05) is 35.1 Å². The molecule has 2 aliphatic carbocycles. The van der Waals surface area contributed by atoms with Crippen molar-refractivity contribution in [3.05, 3.63) is 16.1 Å². The fourth-order valence-corrected chi connectivity index (χ4v) is 5.65. The molecule has 2 saturated carbocycles. The first-order valence-electron chi connectivity index (χ1n) is 8.82. The number of fused-ring (bicyclic) bond motifs is 2. The zero-order chi connectivity index (χ0) is 15.9. The summed E-state index contributed by atoms with van der Waals surface area (Å²) < 4.78 is 5.97. The summed E-state index contributed by atoms with van der Waals surface area (Å²) in [7, 11) is 0. The molecule has 126 valence electrons.